The highest BCUT2D eigenvalue weighted by atomic mass is 16.3. The van der Waals surface area contributed by atoms with Gasteiger partial charge in [0.25, 0.3) is 0 Å². The van der Waals surface area contributed by atoms with E-state index in [9.17, 15) is 5.11 Å². The summed E-state index contributed by atoms with van der Waals surface area (Å²) < 4.78 is 0. The predicted molar refractivity (Wildman–Crippen MR) is 65.7 cm³/mol. The molecule has 15 heavy (non-hydrogen) atoms. The van der Waals surface area contributed by atoms with Gasteiger partial charge < -0.3 is 5.11 Å². The fraction of sp³-hybridized carbons (Fsp3) is 1.00. The highest BCUT2D eigenvalue weighted by Crippen LogP contribution is 2.43. The van der Waals surface area contributed by atoms with E-state index in [1.54, 1.807) is 0 Å². The van der Waals surface area contributed by atoms with Gasteiger partial charge in [-0.15, -0.1) is 0 Å². The Hall–Kier alpha value is -0.0400. The Labute approximate surface area is 95.3 Å². The van der Waals surface area contributed by atoms with Crippen LogP contribution in [-0.2, 0) is 0 Å². The Morgan fingerprint density at radius 3 is 2.33 bits per heavy atom. The van der Waals surface area contributed by atoms with Crippen LogP contribution in [0.15, 0.2) is 0 Å². The minimum Gasteiger partial charge on any atom is -0.393 e. The third-order valence-electron chi connectivity index (χ3n) is 4.02. The highest BCUT2D eigenvalue weighted by Gasteiger charge is 2.38. The van der Waals surface area contributed by atoms with Crippen molar-refractivity contribution >= 4 is 0 Å². The van der Waals surface area contributed by atoms with Crippen LogP contribution < -0.4 is 0 Å². The molecule has 0 heterocycles. The number of rotatable bonds is 3. The molecule has 0 aromatic carbocycles. The molecule has 1 rings (SSSR count). The fourth-order valence-corrected chi connectivity index (χ4v) is 3.47. The number of aliphatic hydroxyl groups excluding tert-OH is 1. The fourth-order valence-electron chi connectivity index (χ4n) is 3.47. The quantitative estimate of drug-likeness (QED) is 0.753. The first-order chi connectivity index (χ1) is 6.83. The van der Waals surface area contributed by atoms with E-state index < -0.39 is 0 Å². The Bertz CT molecular complexity index is 196. The molecule has 0 radical (unpaired) electrons. The van der Waals surface area contributed by atoms with Gasteiger partial charge in [0.05, 0.1) is 6.10 Å². The molecule has 0 bridgehead atoms. The minimum absolute atomic E-state index is 0.0671. The van der Waals surface area contributed by atoms with E-state index in [-0.39, 0.29) is 6.10 Å². The van der Waals surface area contributed by atoms with Crippen molar-refractivity contribution in [3.63, 3.8) is 0 Å². The lowest BCUT2D eigenvalue weighted by molar-refractivity contribution is -0.0203. The van der Waals surface area contributed by atoms with Crippen molar-refractivity contribution in [2.24, 2.45) is 23.2 Å². The number of hydrogen-bond acceptors (Lipinski definition) is 1. The summed E-state index contributed by atoms with van der Waals surface area (Å²) in [7, 11) is 0. The molecule has 1 aliphatic carbocycles. The molecule has 1 N–H and O–H groups in total. The molecule has 90 valence electrons. The van der Waals surface area contributed by atoms with Crippen LogP contribution in [0.1, 0.15) is 60.3 Å². The maximum atomic E-state index is 10.2. The summed E-state index contributed by atoms with van der Waals surface area (Å²) in [4.78, 5) is 0. The van der Waals surface area contributed by atoms with Crippen LogP contribution in [0.4, 0.5) is 0 Å². The largest absolute Gasteiger partial charge is 0.393 e. The Balaban J connectivity index is 2.61. The van der Waals surface area contributed by atoms with Gasteiger partial charge in [0, 0.05) is 0 Å². The van der Waals surface area contributed by atoms with Crippen molar-refractivity contribution in [1.82, 2.24) is 0 Å². The maximum absolute atomic E-state index is 10.2. The zero-order chi connectivity index (χ0) is 11.6. The predicted octanol–water partition coefficient (Wildman–Crippen LogP) is 3.86. The van der Waals surface area contributed by atoms with Crippen LogP contribution in [0.3, 0.4) is 0 Å². The smallest absolute Gasteiger partial charge is 0.0576 e. The molecule has 0 aromatic heterocycles. The van der Waals surface area contributed by atoms with Crippen LogP contribution >= 0.6 is 0 Å². The first kappa shape index (κ1) is 13.0. The van der Waals surface area contributed by atoms with Gasteiger partial charge >= 0.3 is 0 Å². The summed E-state index contributed by atoms with van der Waals surface area (Å²) >= 11 is 0. The van der Waals surface area contributed by atoms with Gasteiger partial charge in [-0.3, -0.25) is 0 Å². The highest BCUT2D eigenvalue weighted by molar-refractivity contribution is 4.88. The molecule has 1 nitrogen and oxygen atoms in total. The SMILES string of the molecule is CC(C)CC(C)(C)C1CCC(C)CC1O. The average Bonchev–Trinajstić information content (AvgIpc) is 1.99. The summed E-state index contributed by atoms with van der Waals surface area (Å²) in [6.45, 7) is 11.5. The Kier molecular flexibility index (Phi) is 4.22. The van der Waals surface area contributed by atoms with E-state index in [0.29, 0.717) is 17.3 Å². The maximum Gasteiger partial charge on any atom is 0.0576 e. The standard InChI is InChI=1S/C14H28O/c1-10(2)9-14(4,5)12-7-6-11(3)8-13(12)15/h10-13,15H,6-9H2,1-5H3. The molecule has 1 aliphatic rings. The second kappa shape index (κ2) is 4.86. The van der Waals surface area contributed by atoms with Crippen LogP contribution in [-0.4, -0.2) is 11.2 Å². The van der Waals surface area contributed by atoms with Gasteiger partial charge in [0.15, 0.2) is 0 Å². The van der Waals surface area contributed by atoms with E-state index in [1.807, 2.05) is 0 Å². The molecule has 0 amide bonds. The molecular formula is C14H28O. The van der Waals surface area contributed by atoms with Crippen molar-refractivity contribution in [3.8, 4) is 0 Å². The van der Waals surface area contributed by atoms with Crippen molar-refractivity contribution in [2.45, 2.75) is 66.4 Å². The summed E-state index contributed by atoms with van der Waals surface area (Å²) in [6, 6.07) is 0. The van der Waals surface area contributed by atoms with Crippen molar-refractivity contribution < 1.29 is 5.11 Å². The number of hydrogen-bond donors (Lipinski definition) is 1. The Morgan fingerprint density at radius 1 is 1.27 bits per heavy atom. The van der Waals surface area contributed by atoms with Gasteiger partial charge in [-0.2, -0.15) is 0 Å². The normalized spacial score (nSPS) is 33.4. The van der Waals surface area contributed by atoms with E-state index in [0.717, 1.165) is 12.3 Å². The van der Waals surface area contributed by atoms with Gasteiger partial charge in [-0.1, -0.05) is 41.0 Å². The van der Waals surface area contributed by atoms with E-state index >= 15 is 0 Å². The molecule has 1 saturated carbocycles. The molecule has 1 fully saturated rings. The van der Waals surface area contributed by atoms with E-state index in [1.165, 1.54) is 19.3 Å². The van der Waals surface area contributed by atoms with Crippen molar-refractivity contribution in [2.75, 3.05) is 0 Å². The Morgan fingerprint density at radius 2 is 1.87 bits per heavy atom. The zero-order valence-corrected chi connectivity index (χ0v) is 11.1. The van der Waals surface area contributed by atoms with Gasteiger partial charge in [-0.25, -0.2) is 0 Å². The monoisotopic (exact) mass is 212 g/mol. The zero-order valence-electron chi connectivity index (χ0n) is 11.1. The van der Waals surface area contributed by atoms with Crippen LogP contribution in [0, 0.1) is 23.2 Å². The average molecular weight is 212 g/mol. The third-order valence-corrected chi connectivity index (χ3v) is 4.02. The van der Waals surface area contributed by atoms with Crippen LogP contribution in [0.2, 0.25) is 0 Å². The van der Waals surface area contributed by atoms with Crippen LogP contribution in [0.5, 0.6) is 0 Å². The van der Waals surface area contributed by atoms with Gasteiger partial charge in [0.1, 0.15) is 0 Å². The van der Waals surface area contributed by atoms with Crippen molar-refractivity contribution in [3.05, 3.63) is 0 Å². The van der Waals surface area contributed by atoms with Crippen LogP contribution in [0.25, 0.3) is 0 Å². The molecule has 0 saturated heterocycles. The first-order valence-corrected chi connectivity index (χ1v) is 6.51. The summed E-state index contributed by atoms with van der Waals surface area (Å²) in [5.41, 5.74) is 0.299. The molecule has 3 atom stereocenters. The van der Waals surface area contributed by atoms with E-state index in [4.69, 9.17) is 0 Å². The second-order valence-electron chi connectivity index (χ2n) is 6.68. The molecule has 3 unspecified atom stereocenters. The second-order valence-corrected chi connectivity index (χ2v) is 6.68. The number of aliphatic hydroxyl groups is 1. The molecular weight excluding hydrogens is 184 g/mol. The molecule has 1 heteroatoms. The molecule has 0 spiro atoms. The minimum atomic E-state index is -0.0671. The molecule has 0 aliphatic heterocycles. The lowest BCUT2D eigenvalue weighted by atomic mass is 9.65. The topological polar surface area (TPSA) is 20.2 Å². The summed E-state index contributed by atoms with van der Waals surface area (Å²) in [5.74, 6) is 1.95. The third kappa shape index (κ3) is 3.48. The summed E-state index contributed by atoms with van der Waals surface area (Å²) in [5, 5.41) is 10.2. The lowest BCUT2D eigenvalue weighted by Crippen LogP contribution is -2.39. The van der Waals surface area contributed by atoms with E-state index in [2.05, 4.69) is 34.6 Å². The van der Waals surface area contributed by atoms with Crippen molar-refractivity contribution in [1.29, 1.82) is 0 Å². The van der Waals surface area contributed by atoms with Gasteiger partial charge in [-0.05, 0) is 42.4 Å². The first-order valence-electron chi connectivity index (χ1n) is 6.51. The summed E-state index contributed by atoms with van der Waals surface area (Å²) in [6.07, 6.45) is 4.67. The van der Waals surface area contributed by atoms with Gasteiger partial charge in [0.2, 0.25) is 0 Å². The lowest BCUT2D eigenvalue weighted by Gasteiger charge is -2.43. The molecule has 0 aromatic rings.